The van der Waals surface area contributed by atoms with Gasteiger partial charge in [0.1, 0.15) is 11.4 Å². The molecule has 0 spiro atoms. The van der Waals surface area contributed by atoms with Gasteiger partial charge in [0.05, 0.1) is 33.1 Å². The van der Waals surface area contributed by atoms with E-state index in [0.29, 0.717) is 0 Å². The second-order valence-electron chi connectivity index (χ2n) is 13.9. The molecule has 0 aliphatic heterocycles. The van der Waals surface area contributed by atoms with E-state index < -0.39 is 0 Å². The summed E-state index contributed by atoms with van der Waals surface area (Å²) in [6.07, 6.45) is 0. The molecule has 0 unspecified atom stereocenters. The second kappa shape index (κ2) is 13.0. The third-order valence-corrected chi connectivity index (χ3v) is 10.5. The molecular weight excluding hydrogens is 685 g/mol. The highest BCUT2D eigenvalue weighted by Gasteiger charge is 2.23. The lowest BCUT2D eigenvalue weighted by molar-refractivity contribution is 1.08. The summed E-state index contributed by atoms with van der Waals surface area (Å²) in [7, 11) is 0. The molecule has 11 aromatic rings. The Labute approximate surface area is 322 Å². The topological polar surface area (TPSA) is 61.4 Å². The van der Waals surface area contributed by atoms with Crippen molar-refractivity contribution in [1.29, 1.82) is 0 Å². The van der Waals surface area contributed by atoms with Gasteiger partial charge in [-0.15, -0.1) is 0 Å². The number of hydrogen-bond donors (Lipinski definition) is 0. The minimum Gasteiger partial charge on any atom is -0.291 e. The number of benzene rings is 7. The van der Waals surface area contributed by atoms with Crippen LogP contribution in [0.1, 0.15) is 0 Å². The predicted molar refractivity (Wildman–Crippen MR) is 228 cm³/mol. The van der Waals surface area contributed by atoms with E-state index in [4.69, 9.17) is 19.9 Å². The van der Waals surface area contributed by atoms with Crippen molar-refractivity contribution in [2.75, 3.05) is 0 Å². The standard InChI is InChI=1S/C50H32N6/c1-5-17-33(18-6-1)39-31-43(49-53-41-25-13-15-27-45(41)55(49)35-21-9-3-10-22-35)51-47-37(39)29-30-38-40(34-19-7-2-8-20-34)32-44(52-48(38)47)50-54-42-26-14-16-28-46(42)56(50)36-23-11-4-12-24-36/h1-32H. The highest BCUT2D eigenvalue weighted by atomic mass is 15.1. The van der Waals surface area contributed by atoms with Gasteiger partial charge in [-0.05, 0) is 82.9 Å². The number of para-hydroxylation sites is 6. The van der Waals surface area contributed by atoms with E-state index in [1.54, 1.807) is 0 Å². The van der Waals surface area contributed by atoms with Crippen LogP contribution in [-0.4, -0.2) is 29.1 Å². The third-order valence-electron chi connectivity index (χ3n) is 10.5. The van der Waals surface area contributed by atoms with Crippen LogP contribution in [0.15, 0.2) is 194 Å². The first-order valence-electron chi connectivity index (χ1n) is 18.7. The summed E-state index contributed by atoms with van der Waals surface area (Å²) >= 11 is 0. The Morgan fingerprint density at radius 2 is 0.679 bits per heavy atom. The summed E-state index contributed by atoms with van der Waals surface area (Å²) in [6.45, 7) is 0. The molecular formula is C50H32N6. The number of rotatable bonds is 6. The average Bonchev–Trinajstić information content (AvgIpc) is 3.86. The highest BCUT2D eigenvalue weighted by Crippen LogP contribution is 2.41. The molecule has 0 atom stereocenters. The Morgan fingerprint density at radius 1 is 0.321 bits per heavy atom. The molecule has 0 saturated heterocycles. The summed E-state index contributed by atoms with van der Waals surface area (Å²) < 4.78 is 4.42. The molecule has 0 aliphatic carbocycles. The first-order chi connectivity index (χ1) is 27.8. The van der Waals surface area contributed by atoms with E-state index in [2.05, 4.69) is 179 Å². The first kappa shape index (κ1) is 31.8. The Hall–Kier alpha value is -7.70. The maximum atomic E-state index is 5.56. The quantitative estimate of drug-likeness (QED) is 0.161. The number of fused-ring (bicyclic) bond motifs is 5. The number of imidazole rings is 2. The summed E-state index contributed by atoms with van der Waals surface area (Å²) in [4.78, 5) is 21.6. The van der Waals surface area contributed by atoms with Crippen molar-refractivity contribution in [2.45, 2.75) is 0 Å². The molecule has 4 heterocycles. The Kier molecular flexibility index (Phi) is 7.38. The maximum Gasteiger partial charge on any atom is 0.164 e. The second-order valence-corrected chi connectivity index (χ2v) is 13.9. The van der Waals surface area contributed by atoms with E-state index >= 15 is 0 Å². The van der Waals surface area contributed by atoms with Gasteiger partial charge in [-0.1, -0.05) is 133 Å². The van der Waals surface area contributed by atoms with Crippen molar-refractivity contribution in [3.05, 3.63) is 194 Å². The molecule has 6 heteroatoms. The molecule has 0 fully saturated rings. The van der Waals surface area contributed by atoms with Crippen LogP contribution < -0.4 is 0 Å². The molecule has 0 amide bonds. The van der Waals surface area contributed by atoms with Gasteiger partial charge >= 0.3 is 0 Å². The zero-order valence-electron chi connectivity index (χ0n) is 30.2. The fourth-order valence-corrected chi connectivity index (χ4v) is 7.99. The monoisotopic (exact) mass is 716 g/mol. The normalized spacial score (nSPS) is 11.6. The molecule has 4 aromatic heterocycles. The summed E-state index contributed by atoms with van der Waals surface area (Å²) in [5.41, 5.74) is 13.3. The number of hydrogen-bond acceptors (Lipinski definition) is 4. The van der Waals surface area contributed by atoms with Crippen molar-refractivity contribution >= 4 is 43.9 Å². The van der Waals surface area contributed by atoms with Crippen molar-refractivity contribution in [3.63, 3.8) is 0 Å². The molecule has 6 nitrogen and oxygen atoms in total. The lowest BCUT2D eigenvalue weighted by atomic mass is 9.95. The van der Waals surface area contributed by atoms with E-state index in [9.17, 15) is 0 Å². The smallest absolute Gasteiger partial charge is 0.164 e. The van der Waals surface area contributed by atoms with Crippen LogP contribution >= 0.6 is 0 Å². The van der Waals surface area contributed by atoms with E-state index in [1.807, 2.05) is 24.3 Å². The molecule has 262 valence electrons. The van der Waals surface area contributed by atoms with Gasteiger partial charge in [-0.25, -0.2) is 19.9 Å². The fraction of sp³-hybridized carbons (Fsp3) is 0. The average molecular weight is 717 g/mol. The third kappa shape index (κ3) is 5.19. The van der Waals surface area contributed by atoms with Crippen molar-refractivity contribution in [3.8, 4) is 56.7 Å². The molecule has 0 N–H and O–H groups in total. The fourth-order valence-electron chi connectivity index (χ4n) is 7.99. The van der Waals surface area contributed by atoms with Crippen LogP contribution in [0.25, 0.3) is 101 Å². The Bertz CT molecular complexity index is 3010. The van der Waals surface area contributed by atoms with E-state index in [0.717, 1.165) is 101 Å². The summed E-state index contributed by atoms with van der Waals surface area (Å²) in [6, 6.07) is 67.1. The summed E-state index contributed by atoms with van der Waals surface area (Å²) in [5, 5.41) is 2.02. The number of nitrogens with zero attached hydrogens (tertiary/aromatic N) is 6. The first-order valence-corrected chi connectivity index (χ1v) is 18.7. The minimum absolute atomic E-state index is 0.758. The molecule has 56 heavy (non-hydrogen) atoms. The van der Waals surface area contributed by atoms with Gasteiger partial charge in [0.25, 0.3) is 0 Å². The SMILES string of the molecule is c1ccc(-c2cc(-c3nc4ccccc4n3-c3ccccc3)nc3c2ccc2c(-c4ccccc4)cc(-c4nc5ccccc5n4-c4ccccc4)nc23)cc1. The summed E-state index contributed by atoms with van der Waals surface area (Å²) in [5.74, 6) is 1.53. The minimum atomic E-state index is 0.758. The Morgan fingerprint density at radius 3 is 1.09 bits per heavy atom. The van der Waals surface area contributed by atoms with Gasteiger partial charge < -0.3 is 0 Å². The highest BCUT2D eigenvalue weighted by molar-refractivity contribution is 6.13. The molecule has 7 aromatic carbocycles. The molecule has 0 radical (unpaired) electrons. The van der Waals surface area contributed by atoms with Gasteiger partial charge in [-0.3, -0.25) is 9.13 Å². The van der Waals surface area contributed by atoms with Gasteiger partial charge in [0, 0.05) is 22.1 Å². The molecule has 0 saturated carbocycles. The molecule has 11 rings (SSSR count). The van der Waals surface area contributed by atoms with Gasteiger partial charge in [-0.2, -0.15) is 0 Å². The largest absolute Gasteiger partial charge is 0.291 e. The maximum absolute atomic E-state index is 5.56. The van der Waals surface area contributed by atoms with Gasteiger partial charge in [0.15, 0.2) is 11.6 Å². The van der Waals surface area contributed by atoms with Crippen LogP contribution in [0.3, 0.4) is 0 Å². The predicted octanol–water partition coefficient (Wildman–Crippen LogP) is 12.1. The zero-order valence-corrected chi connectivity index (χ0v) is 30.2. The van der Waals surface area contributed by atoms with Crippen LogP contribution in [0.2, 0.25) is 0 Å². The lowest BCUT2D eigenvalue weighted by Gasteiger charge is -2.16. The van der Waals surface area contributed by atoms with E-state index in [-0.39, 0.29) is 0 Å². The van der Waals surface area contributed by atoms with E-state index in [1.165, 1.54) is 0 Å². The zero-order chi connectivity index (χ0) is 37.0. The van der Waals surface area contributed by atoms with Crippen molar-refractivity contribution in [1.82, 2.24) is 29.1 Å². The molecule has 0 aliphatic rings. The van der Waals surface area contributed by atoms with Crippen LogP contribution in [0.5, 0.6) is 0 Å². The van der Waals surface area contributed by atoms with Crippen LogP contribution in [-0.2, 0) is 0 Å². The Balaban J connectivity index is 1.27. The van der Waals surface area contributed by atoms with Crippen molar-refractivity contribution in [2.24, 2.45) is 0 Å². The van der Waals surface area contributed by atoms with Crippen LogP contribution in [0.4, 0.5) is 0 Å². The molecule has 0 bridgehead atoms. The lowest BCUT2D eigenvalue weighted by Crippen LogP contribution is -2.02. The van der Waals surface area contributed by atoms with Crippen molar-refractivity contribution < 1.29 is 0 Å². The van der Waals surface area contributed by atoms with Gasteiger partial charge in [0.2, 0.25) is 0 Å². The van der Waals surface area contributed by atoms with Crippen LogP contribution in [0, 0.1) is 0 Å². The number of pyridine rings is 2. The number of aromatic nitrogens is 6.